The van der Waals surface area contributed by atoms with Gasteiger partial charge in [0.2, 0.25) is 0 Å². The zero-order valence-electron chi connectivity index (χ0n) is 17.3. The van der Waals surface area contributed by atoms with E-state index in [1.807, 2.05) is 53.9 Å². The lowest BCUT2D eigenvalue weighted by atomic mass is 10.0. The quantitative estimate of drug-likeness (QED) is 0.517. The Bertz CT molecular complexity index is 971. The van der Waals surface area contributed by atoms with Crippen molar-refractivity contribution < 1.29 is 19.2 Å². The van der Waals surface area contributed by atoms with Crippen LogP contribution in [0.15, 0.2) is 66.0 Å². The van der Waals surface area contributed by atoms with Crippen LogP contribution in [0.4, 0.5) is 5.00 Å². The summed E-state index contributed by atoms with van der Waals surface area (Å²) in [6.45, 7) is 6.04. The topological polar surface area (TPSA) is 59.8 Å². The predicted octanol–water partition coefficient (Wildman–Crippen LogP) is 3.64. The molecule has 1 unspecified atom stereocenters. The number of ether oxygens (including phenoxy) is 1. The largest absolute Gasteiger partial charge is 0.462 e. The van der Waals surface area contributed by atoms with E-state index < -0.39 is 5.97 Å². The Morgan fingerprint density at radius 1 is 1.00 bits per heavy atom. The van der Waals surface area contributed by atoms with Gasteiger partial charge in [-0.1, -0.05) is 60.7 Å². The number of hydrogen-bond acceptors (Lipinski definition) is 4. The first-order valence-electron chi connectivity index (χ1n) is 10.1. The van der Waals surface area contributed by atoms with E-state index in [2.05, 4.69) is 24.4 Å². The van der Waals surface area contributed by atoms with Crippen molar-refractivity contribution in [3.63, 3.8) is 0 Å². The van der Waals surface area contributed by atoms with E-state index >= 15 is 0 Å². The molecule has 0 saturated carbocycles. The average molecular weight is 424 g/mol. The Labute approximate surface area is 181 Å². The molecule has 0 saturated heterocycles. The summed E-state index contributed by atoms with van der Waals surface area (Å²) in [7, 11) is 0. The Hall–Kier alpha value is -2.96. The molecular weight excluding hydrogens is 396 g/mol. The number of benzene rings is 2. The van der Waals surface area contributed by atoms with Crippen LogP contribution in [-0.4, -0.2) is 31.6 Å². The minimum absolute atomic E-state index is 0.116. The second-order valence-electron chi connectivity index (χ2n) is 6.93. The highest BCUT2D eigenvalue weighted by atomic mass is 32.1. The molecule has 0 aliphatic carbocycles. The molecule has 2 N–H and O–H groups in total. The molecule has 3 rings (SSSR count). The van der Waals surface area contributed by atoms with Crippen molar-refractivity contribution in [3.8, 4) is 11.1 Å². The van der Waals surface area contributed by atoms with Crippen molar-refractivity contribution in [2.75, 3.05) is 25.0 Å². The smallest absolute Gasteiger partial charge is 0.341 e. The van der Waals surface area contributed by atoms with Crippen LogP contribution < -0.4 is 10.2 Å². The molecule has 1 amide bonds. The monoisotopic (exact) mass is 423 g/mol. The summed E-state index contributed by atoms with van der Waals surface area (Å²) < 4.78 is 5.26. The molecule has 1 aromatic heterocycles. The van der Waals surface area contributed by atoms with Crippen molar-refractivity contribution >= 4 is 28.2 Å². The fourth-order valence-electron chi connectivity index (χ4n) is 3.28. The maximum atomic E-state index is 12.8. The van der Waals surface area contributed by atoms with Gasteiger partial charge in [-0.2, -0.15) is 0 Å². The van der Waals surface area contributed by atoms with Gasteiger partial charge in [0.15, 0.2) is 6.54 Å². The number of esters is 1. The third kappa shape index (κ3) is 5.55. The van der Waals surface area contributed by atoms with E-state index in [-0.39, 0.29) is 12.5 Å². The molecule has 0 bridgehead atoms. The molecule has 0 radical (unpaired) electrons. The van der Waals surface area contributed by atoms with Gasteiger partial charge in [0.05, 0.1) is 13.2 Å². The summed E-state index contributed by atoms with van der Waals surface area (Å²) in [5.74, 6) is -0.535. The van der Waals surface area contributed by atoms with E-state index in [4.69, 9.17) is 4.74 Å². The van der Waals surface area contributed by atoms with Crippen LogP contribution in [-0.2, 0) is 16.1 Å². The SMILES string of the molecule is CCOC(=O)c1c(-c2ccccc2)csc1NC(=O)C[NH+](CC)Cc1ccccc1. The second kappa shape index (κ2) is 10.7. The lowest BCUT2D eigenvalue weighted by Gasteiger charge is -2.17. The average Bonchev–Trinajstić information content (AvgIpc) is 3.18. The summed E-state index contributed by atoms with van der Waals surface area (Å²) in [4.78, 5) is 26.6. The van der Waals surface area contributed by atoms with Crippen molar-refractivity contribution in [1.29, 1.82) is 0 Å². The summed E-state index contributed by atoms with van der Waals surface area (Å²) in [5.41, 5.74) is 3.31. The van der Waals surface area contributed by atoms with Crippen LogP contribution >= 0.6 is 11.3 Å². The molecule has 156 valence electrons. The van der Waals surface area contributed by atoms with E-state index in [0.717, 1.165) is 29.1 Å². The standard InChI is InChI=1S/C24H26N2O3S/c1-3-26(15-18-11-7-5-8-12-18)16-21(27)25-23-22(24(28)29-4-2)20(17-30-23)19-13-9-6-10-14-19/h5-14,17H,3-4,15-16H2,1-2H3,(H,25,27)/p+1. The van der Waals surface area contributed by atoms with E-state index in [9.17, 15) is 9.59 Å². The number of hydrogen-bond donors (Lipinski definition) is 2. The van der Waals surface area contributed by atoms with Gasteiger partial charge in [-0.15, -0.1) is 11.3 Å². The van der Waals surface area contributed by atoms with Crippen LogP contribution in [0.2, 0.25) is 0 Å². The lowest BCUT2D eigenvalue weighted by Crippen LogP contribution is -3.11. The Morgan fingerprint density at radius 3 is 2.30 bits per heavy atom. The summed E-state index contributed by atoms with van der Waals surface area (Å²) in [6, 6.07) is 19.8. The number of anilines is 1. The highest BCUT2D eigenvalue weighted by Gasteiger charge is 2.24. The number of nitrogens with one attached hydrogen (secondary N) is 2. The molecular formula is C24H27N2O3S+. The number of thiophene rings is 1. The zero-order valence-corrected chi connectivity index (χ0v) is 18.1. The molecule has 30 heavy (non-hydrogen) atoms. The number of amides is 1. The van der Waals surface area contributed by atoms with Gasteiger partial charge in [-0.25, -0.2) is 4.79 Å². The fourth-order valence-corrected chi connectivity index (χ4v) is 4.25. The molecule has 6 heteroatoms. The van der Waals surface area contributed by atoms with Crippen LogP contribution in [0.5, 0.6) is 0 Å². The van der Waals surface area contributed by atoms with Gasteiger partial charge >= 0.3 is 5.97 Å². The minimum atomic E-state index is -0.420. The van der Waals surface area contributed by atoms with Gasteiger partial charge in [0, 0.05) is 16.5 Å². The molecule has 0 aliphatic rings. The van der Waals surface area contributed by atoms with Crippen molar-refractivity contribution in [2.45, 2.75) is 20.4 Å². The number of quaternary nitrogens is 1. The highest BCUT2D eigenvalue weighted by molar-refractivity contribution is 7.15. The van der Waals surface area contributed by atoms with Crippen molar-refractivity contribution in [1.82, 2.24) is 0 Å². The van der Waals surface area contributed by atoms with Gasteiger partial charge in [-0.3, -0.25) is 4.79 Å². The maximum Gasteiger partial charge on any atom is 0.341 e. The summed E-state index contributed by atoms with van der Waals surface area (Å²) in [5, 5.41) is 5.38. The number of likely N-dealkylation sites (N-methyl/N-ethyl adjacent to an activating group) is 1. The number of carbonyl (C=O) groups is 2. The Kier molecular flexibility index (Phi) is 7.76. The molecule has 3 aromatic rings. The normalized spacial score (nSPS) is 11.7. The van der Waals surface area contributed by atoms with Gasteiger partial charge in [0.1, 0.15) is 17.1 Å². The Balaban J connectivity index is 1.77. The van der Waals surface area contributed by atoms with Crippen LogP contribution in [0.3, 0.4) is 0 Å². The molecule has 0 fully saturated rings. The lowest BCUT2D eigenvalue weighted by molar-refractivity contribution is -0.903. The zero-order chi connectivity index (χ0) is 21.3. The van der Waals surface area contributed by atoms with Crippen LogP contribution in [0.1, 0.15) is 29.8 Å². The minimum Gasteiger partial charge on any atom is -0.462 e. The number of rotatable bonds is 9. The van der Waals surface area contributed by atoms with Gasteiger partial charge in [-0.05, 0) is 19.4 Å². The summed E-state index contributed by atoms with van der Waals surface area (Å²) in [6.07, 6.45) is 0. The van der Waals surface area contributed by atoms with Crippen LogP contribution in [0.25, 0.3) is 11.1 Å². The fraction of sp³-hybridized carbons (Fsp3) is 0.250. The molecule has 0 spiro atoms. The molecule has 1 heterocycles. The van der Waals surface area contributed by atoms with E-state index in [1.165, 1.54) is 16.9 Å². The van der Waals surface area contributed by atoms with Gasteiger partial charge in [0.25, 0.3) is 5.91 Å². The molecule has 0 aliphatic heterocycles. The third-order valence-corrected chi connectivity index (χ3v) is 5.71. The number of carbonyl (C=O) groups excluding carboxylic acids is 2. The van der Waals surface area contributed by atoms with Crippen molar-refractivity contribution in [2.24, 2.45) is 0 Å². The molecule has 5 nitrogen and oxygen atoms in total. The van der Waals surface area contributed by atoms with Crippen LogP contribution in [0, 0.1) is 0 Å². The highest BCUT2D eigenvalue weighted by Crippen LogP contribution is 2.36. The van der Waals surface area contributed by atoms with Crippen molar-refractivity contribution in [3.05, 3.63) is 77.2 Å². The molecule has 2 aromatic carbocycles. The first-order chi connectivity index (χ1) is 14.6. The Morgan fingerprint density at radius 2 is 1.67 bits per heavy atom. The summed E-state index contributed by atoms with van der Waals surface area (Å²) >= 11 is 1.35. The first kappa shape index (κ1) is 21.7. The first-order valence-corrected chi connectivity index (χ1v) is 11.0. The molecule has 1 atom stereocenters. The predicted molar refractivity (Wildman–Crippen MR) is 121 cm³/mol. The maximum absolute atomic E-state index is 12.8. The van der Waals surface area contributed by atoms with E-state index in [1.54, 1.807) is 6.92 Å². The third-order valence-electron chi connectivity index (χ3n) is 4.82. The second-order valence-corrected chi connectivity index (χ2v) is 7.81. The van der Waals surface area contributed by atoms with Gasteiger partial charge < -0.3 is 15.0 Å². The van der Waals surface area contributed by atoms with E-state index in [0.29, 0.717) is 17.1 Å².